The van der Waals surface area contributed by atoms with Crippen LogP contribution in [0.1, 0.15) is 24.4 Å². The van der Waals surface area contributed by atoms with Gasteiger partial charge in [0.25, 0.3) is 0 Å². The van der Waals surface area contributed by atoms with Gasteiger partial charge in [-0.05, 0) is 6.42 Å². The summed E-state index contributed by atoms with van der Waals surface area (Å²) >= 11 is 0. The monoisotopic (exact) mass is 320 g/mol. The Kier molecular flexibility index (Phi) is 5.02. The van der Waals surface area contributed by atoms with Crippen molar-refractivity contribution in [3.8, 4) is 17.2 Å². The van der Waals surface area contributed by atoms with E-state index < -0.39 is 30.1 Å². The third kappa shape index (κ3) is 4.17. The highest BCUT2D eigenvalue weighted by atomic mass is 19.4. The molecule has 0 aliphatic carbocycles. The van der Waals surface area contributed by atoms with Crippen molar-refractivity contribution in [2.24, 2.45) is 0 Å². The van der Waals surface area contributed by atoms with E-state index in [0.29, 0.717) is 26.2 Å². The molecule has 0 spiro atoms. The molecule has 5 nitrogen and oxygen atoms in total. The Hall–Kier alpha value is -1.67. The van der Waals surface area contributed by atoms with Gasteiger partial charge in [-0.3, -0.25) is 4.90 Å². The predicted octanol–water partition coefficient (Wildman–Crippen LogP) is 2.09. The summed E-state index contributed by atoms with van der Waals surface area (Å²) in [5.74, 6) is -1.14. The molecular formula is C14H19F3N2O3. The number of nitrogens with zero attached hydrogens (tertiary/aromatic N) is 1. The zero-order chi connectivity index (χ0) is 16.3. The van der Waals surface area contributed by atoms with Crippen LogP contribution in [-0.2, 0) is 0 Å². The van der Waals surface area contributed by atoms with Crippen molar-refractivity contribution in [3.05, 3.63) is 17.7 Å². The van der Waals surface area contributed by atoms with E-state index in [4.69, 9.17) is 0 Å². The predicted molar refractivity (Wildman–Crippen MR) is 73.9 cm³/mol. The second-order valence-corrected chi connectivity index (χ2v) is 5.35. The highest BCUT2D eigenvalue weighted by Crippen LogP contribution is 2.42. The van der Waals surface area contributed by atoms with Crippen LogP contribution in [0.4, 0.5) is 13.2 Å². The van der Waals surface area contributed by atoms with Gasteiger partial charge >= 0.3 is 6.18 Å². The summed E-state index contributed by atoms with van der Waals surface area (Å²) in [4.78, 5) is 1.80. The standard InChI is InChI=1S/C14H19F3N2O3/c15-14(16,17)2-1-10(19-5-3-18-4-6-19)13-11(21)7-9(20)8-12(13)22/h7-8,10,18,20-22H,1-6H2/t10-/m0/s1. The summed E-state index contributed by atoms with van der Waals surface area (Å²) in [5, 5.41) is 32.4. The van der Waals surface area contributed by atoms with Gasteiger partial charge in [0.1, 0.15) is 17.2 Å². The van der Waals surface area contributed by atoms with Gasteiger partial charge in [0.05, 0.1) is 5.56 Å². The molecule has 22 heavy (non-hydrogen) atoms. The molecule has 1 aromatic carbocycles. The van der Waals surface area contributed by atoms with Gasteiger partial charge in [-0.15, -0.1) is 0 Å². The average Bonchev–Trinajstić information content (AvgIpc) is 2.41. The Balaban J connectivity index is 2.30. The van der Waals surface area contributed by atoms with Gasteiger partial charge in [0.2, 0.25) is 0 Å². The van der Waals surface area contributed by atoms with Gasteiger partial charge < -0.3 is 20.6 Å². The summed E-state index contributed by atoms with van der Waals surface area (Å²) in [7, 11) is 0. The number of hydrogen-bond donors (Lipinski definition) is 4. The zero-order valence-electron chi connectivity index (χ0n) is 11.9. The normalized spacial score (nSPS) is 18.3. The first-order valence-corrected chi connectivity index (χ1v) is 7.04. The van der Waals surface area contributed by atoms with Crippen LogP contribution in [0.15, 0.2) is 12.1 Å². The van der Waals surface area contributed by atoms with Gasteiger partial charge in [-0.25, -0.2) is 0 Å². The van der Waals surface area contributed by atoms with Crippen LogP contribution in [0.25, 0.3) is 0 Å². The Bertz CT molecular complexity index is 494. The molecule has 1 heterocycles. The Morgan fingerprint density at radius 3 is 2.14 bits per heavy atom. The zero-order valence-corrected chi connectivity index (χ0v) is 11.9. The number of nitrogens with one attached hydrogen (secondary N) is 1. The number of halogens is 3. The van der Waals surface area contributed by atoms with Gasteiger partial charge in [0.15, 0.2) is 0 Å². The van der Waals surface area contributed by atoms with Gasteiger partial charge in [0, 0.05) is 50.8 Å². The first kappa shape index (κ1) is 16.7. The number of phenolic OH excluding ortho intramolecular Hbond substituents is 3. The summed E-state index contributed by atoms with van der Waals surface area (Å²) < 4.78 is 37.7. The molecule has 2 rings (SSSR count). The van der Waals surface area contributed by atoms with Crippen molar-refractivity contribution in [1.29, 1.82) is 0 Å². The molecule has 1 aliphatic heterocycles. The lowest BCUT2D eigenvalue weighted by Crippen LogP contribution is -2.45. The molecule has 1 aliphatic rings. The maximum atomic E-state index is 12.6. The Labute approximate surface area is 126 Å². The Morgan fingerprint density at radius 1 is 1.09 bits per heavy atom. The van der Waals surface area contributed by atoms with Crippen LogP contribution in [0.3, 0.4) is 0 Å². The molecule has 4 N–H and O–H groups in total. The lowest BCUT2D eigenvalue weighted by molar-refractivity contribution is -0.138. The van der Waals surface area contributed by atoms with Gasteiger partial charge in [-0.1, -0.05) is 0 Å². The molecule has 0 aromatic heterocycles. The van der Waals surface area contributed by atoms with Gasteiger partial charge in [-0.2, -0.15) is 13.2 Å². The highest BCUT2D eigenvalue weighted by Gasteiger charge is 2.33. The van der Waals surface area contributed by atoms with Crippen molar-refractivity contribution in [2.75, 3.05) is 26.2 Å². The second kappa shape index (κ2) is 6.62. The fourth-order valence-corrected chi connectivity index (χ4v) is 2.75. The molecule has 1 fully saturated rings. The molecule has 0 amide bonds. The van der Waals surface area contributed by atoms with Crippen LogP contribution in [0, 0.1) is 0 Å². The number of aromatic hydroxyl groups is 3. The minimum absolute atomic E-state index is 0.0314. The summed E-state index contributed by atoms with van der Waals surface area (Å²) in [6, 6.07) is 1.29. The number of phenols is 3. The molecule has 8 heteroatoms. The molecule has 1 atom stereocenters. The smallest absolute Gasteiger partial charge is 0.389 e. The van der Waals surface area contributed by atoms with Crippen molar-refractivity contribution in [1.82, 2.24) is 10.2 Å². The van der Waals surface area contributed by atoms with E-state index >= 15 is 0 Å². The van der Waals surface area contributed by atoms with Crippen LogP contribution in [-0.4, -0.2) is 52.6 Å². The molecule has 0 saturated carbocycles. The number of rotatable bonds is 4. The second-order valence-electron chi connectivity index (χ2n) is 5.35. The molecule has 1 saturated heterocycles. The lowest BCUT2D eigenvalue weighted by atomic mass is 9.97. The third-order valence-corrected chi connectivity index (χ3v) is 3.75. The quantitative estimate of drug-likeness (QED) is 0.683. The summed E-state index contributed by atoms with van der Waals surface area (Å²) in [6.45, 7) is 2.29. The molecular weight excluding hydrogens is 301 g/mol. The first-order chi connectivity index (χ1) is 10.3. The van der Waals surface area contributed by atoms with E-state index in [-0.39, 0.29) is 17.7 Å². The first-order valence-electron chi connectivity index (χ1n) is 7.04. The van der Waals surface area contributed by atoms with E-state index in [2.05, 4.69) is 5.32 Å². The molecule has 0 unspecified atom stereocenters. The van der Waals surface area contributed by atoms with E-state index in [1.54, 1.807) is 4.90 Å². The fourth-order valence-electron chi connectivity index (χ4n) is 2.75. The fraction of sp³-hybridized carbons (Fsp3) is 0.571. The van der Waals surface area contributed by atoms with Crippen molar-refractivity contribution >= 4 is 0 Å². The molecule has 1 aromatic rings. The van der Waals surface area contributed by atoms with Crippen LogP contribution in [0.2, 0.25) is 0 Å². The van der Waals surface area contributed by atoms with E-state index in [1.165, 1.54) is 0 Å². The third-order valence-electron chi connectivity index (χ3n) is 3.75. The minimum Gasteiger partial charge on any atom is -0.508 e. The Morgan fingerprint density at radius 2 is 1.64 bits per heavy atom. The average molecular weight is 320 g/mol. The van der Waals surface area contributed by atoms with Crippen LogP contribution in [0.5, 0.6) is 17.2 Å². The van der Waals surface area contributed by atoms with E-state index in [9.17, 15) is 28.5 Å². The molecule has 124 valence electrons. The molecule has 0 radical (unpaired) electrons. The molecule has 0 bridgehead atoms. The van der Waals surface area contributed by atoms with E-state index in [0.717, 1.165) is 12.1 Å². The minimum atomic E-state index is -4.31. The van der Waals surface area contributed by atoms with E-state index in [1.807, 2.05) is 0 Å². The van der Waals surface area contributed by atoms with Crippen LogP contribution >= 0.6 is 0 Å². The van der Waals surface area contributed by atoms with Crippen LogP contribution < -0.4 is 5.32 Å². The largest absolute Gasteiger partial charge is 0.508 e. The van der Waals surface area contributed by atoms with Crippen molar-refractivity contribution in [2.45, 2.75) is 25.1 Å². The SMILES string of the molecule is Oc1cc(O)c([C@H](CCC(F)(F)F)N2CCNCC2)c(O)c1. The van der Waals surface area contributed by atoms with Crippen molar-refractivity contribution in [3.63, 3.8) is 0 Å². The number of alkyl halides is 3. The number of piperazine rings is 1. The highest BCUT2D eigenvalue weighted by molar-refractivity contribution is 5.50. The summed E-state index contributed by atoms with van der Waals surface area (Å²) in [5.41, 5.74) is 0.0314. The maximum Gasteiger partial charge on any atom is 0.389 e. The number of hydrogen-bond acceptors (Lipinski definition) is 5. The maximum absolute atomic E-state index is 12.6. The topological polar surface area (TPSA) is 76.0 Å². The summed E-state index contributed by atoms with van der Waals surface area (Å²) in [6.07, 6.45) is -5.59. The van der Waals surface area contributed by atoms with Crippen molar-refractivity contribution < 1.29 is 28.5 Å². The lowest BCUT2D eigenvalue weighted by Gasteiger charge is -2.36. The number of benzene rings is 1.